The van der Waals surface area contributed by atoms with Crippen molar-refractivity contribution in [2.45, 2.75) is 45.2 Å². The third-order valence-corrected chi connectivity index (χ3v) is 9.30. The van der Waals surface area contributed by atoms with Crippen molar-refractivity contribution in [2.24, 2.45) is 11.8 Å². The number of esters is 1. The molecule has 4 atom stereocenters. The maximum absolute atomic E-state index is 14.2. The van der Waals surface area contributed by atoms with E-state index in [1.54, 1.807) is 6.92 Å². The Morgan fingerprint density at radius 2 is 1.94 bits per heavy atom. The monoisotopic (exact) mass is 479 g/mol. The number of nitrogens with one attached hydrogen (secondary N) is 1. The molecule has 3 saturated heterocycles. The highest BCUT2D eigenvalue weighted by molar-refractivity contribution is 7.17. The van der Waals surface area contributed by atoms with E-state index in [2.05, 4.69) is 10.2 Å². The zero-order valence-electron chi connectivity index (χ0n) is 19.4. The second-order valence-electron chi connectivity index (χ2n) is 9.64. The van der Waals surface area contributed by atoms with Gasteiger partial charge >= 0.3 is 5.97 Å². The van der Waals surface area contributed by atoms with Crippen molar-refractivity contribution in [2.75, 3.05) is 23.9 Å². The fourth-order valence-electron chi connectivity index (χ4n) is 6.63. The minimum Gasteiger partial charge on any atom is -0.465 e. The first-order valence-electron chi connectivity index (χ1n) is 11.5. The highest BCUT2D eigenvalue weighted by Gasteiger charge is 2.75. The molecule has 176 valence electrons. The summed E-state index contributed by atoms with van der Waals surface area (Å²) in [6.07, 6.45) is 1.60. The number of thiophene rings is 1. The zero-order valence-corrected chi connectivity index (χ0v) is 20.2. The molecule has 0 bridgehead atoms. The minimum absolute atomic E-state index is 0.201. The lowest BCUT2D eigenvalue weighted by Gasteiger charge is -2.36. The summed E-state index contributed by atoms with van der Waals surface area (Å²) in [6, 6.07) is 5.56. The first-order valence-corrected chi connectivity index (χ1v) is 12.3. The van der Waals surface area contributed by atoms with Crippen LogP contribution in [0, 0.1) is 32.6 Å². The molecule has 6 rings (SSSR count). The highest BCUT2D eigenvalue weighted by Crippen LogP contribution is 2.61. The molecule has 3 amide bonds. The van der Waals surface area contributed by atoms with Gasteiger partial charge in [0.1, 0.15) is 10.5 Å². The van der Waals surface area contributed by atoms with Gasteiger partial charge in [0, 0.05) is 22.2 Å². The molecule has 9 heteroatoms. The van der Waals surface area contributed by atoms with E-state index in [9.17, 15) is 19.2 Å². The molecule has 3 fully saturated rings. The number of anilines is 2. The number of imide groups is 1. The van der Waals surface area contributed by atoms with Crippen LogP contribution in [-0.4, -0.2) is 48.3 Å². The van der Waals surface area contributed by atoms with Gasteiger partial charge in [-0.15, -0.1) is 11.3 Å². The van der Waals surface area contributed by atoms with Crippen molar-refractivity contribution in [1.29, 1.82) is 0 Å². The van der Waals surface area contributed by atoms with Gasteiger partial charge in [0.05, 0.1) is 24.5 Å². The molecule has 4 aliphatic heterocycles. The van der Waals surface area contributed by atoms with Crippen LogP contribution in [0.25, 0.3) is 0 Å². The van der Waals surface area contributed by atoms with Crippen molar-refractivity contribution in [1.82, 2.24) is 4.90 Å². The normalized spacial score (nSPS) is 29.6. The van der Waals surface area contributed by atoms with Crippen LogP contribution in [-0.2, 0) is 24.7 Å². The van der Waals surface area contributed by atoms with E-state index in [0.717, 1.165) is 28.8 Å². The summed E-state index contributed by atoms with van der Waals surface area (Å²) in [5.74, 6) is -3.06. The topological polar surface area (TPSA) is 96.0 Å². The molecule has 1 aromatic heterocycles. The number of benzene rings is 1. The van der Waals surface area contributed by atoms with Crippen molar-refractivity contribution >= 4 is 45.7 Å². The lowest BCUT2D eigenvalue weighted by molar-refractivity contribution is -0.135. The van der Waals surface area contributed by atoms with Crippen molar-refractivity contribution < 1.29 is 23.9 Å². The summed E-state index contributed by atoms with van der Waals surface area (Å²) in [6.45, 7) is 6.25. The number of carbonyl (C=O) groups is 4. The van der Waals surface area contributed by atoms with Gasteiger partial charge in [-0.05, 0) is 51.8 Å². The first kappa shape index (κ1) is 21.5. The molecular weight excluding hydrogens is 454 g/mol. The lowest BCUT2D eigenvalue weighted by atomic mass is 9.75. The van der Waals surface area contributed by atoms with E-state index in [1.807, 2.05) is 32.0 Å². The van der Waals surface area contributed by atoms with E-state index in [1.165, 1.54) is 23.3 Å². The van der Waals surface area contributed by atoms with Crippen LogP contribution in [0.1, 0.15) is 44.8 Å². The quantitative estimate of drug-likeness (QED) is 0.526. The van der Waals surface area contributed by atoms with E-state index in [4.69, 9.17) is 4.74 Å². The summed E-state index contributed by atoms with van der Waals surface area (Å²) in [7, 11) is 1.29. The van der Waals surface area contributed by atoms with E-state index in [0.29, 0.717) is 22.8 Å². The predicted molar refractivity (Wildman–Crippen MR) is 126 cm³/mol. The van der Waals surface area contributed by atoms with Gasteiger partial charge in [-0.1, -0.05) is 17.7 Å². The number of hydrogen-bond acceptors (Lipinski definition) is 7. The molecule has 1 spiro atoms. The van der Waals surface area contributed by atoms with Crippen LogP contribution >= 0.6 is 11.3 Å². The molecule has 0 unspecified atom stereocenters. The Bertz CT molecular complexity index is 1320. The van der Waals surface area contributed by atoms with Gasteiger partial charge in [0.15, 0.2) is 0 Å². The second-order valence-corrected chi connectivity index (χ2v) is 10.8. The molecular formula is C25H25N3O5S. The largest absolute Gasteiger partial charge is 0.465 e. The molecule has 0 saturated carbocycles. The van der Waals surface area contributed by atoms with Gasteiger partial charge < -0.3 is 10.1 Å². The second kappa shape index (κ2) is 6.99. The van der Waals surface area contributed by atoms with E-state index >= 15 is 0 Å². The fraction of sp³-hybridized carbons (Fsp3) is 0.440. The molecule has 8 nitrogen and oxygen atoms in total. The predicted octanol–water partition coefficient (Wildman–Crippen LogP) is 2.89. The van der Waals surface area contributed by atoms with Gasteiger partial charge in [-0.25, -0.2) is 9.69 Å². The molecule has 1 N–H and O–H groups in total. The molecule has 4 aliphatic rings. The van der Waals surface area contributed by atoms with Crippen LogP contribution in [0.4, 0.5) is 10.7 Å². The SMILES string of the molecule is COC(=O)c1c(N2C(=O)[C@H]3[C@@H](C2=O)[C@@]2(C(=O)Nc4ccc(C)cc42)N2CCC[C@@H]32)sc(C)c1C. The zero-order chi connectivity index (χ0) is 24.1. The molecule has 0 aliphatic carbocycles. The van der Waals surface area contributed by atoms with E-state index < -0.39 is 29.3 Å². The maximum Gasteiger partial charge on any atom is 0.341 e. The van der Waals surface area contributed by atoms with Gasteiger partial charge in [0.25, 0.3) is 0 Å². The Labute approximate surface area is 200 Å². The average molecular weight is 480 g/mol. The van der Waals surface area contributed by atoms with Gasteiger partial charge in [-0.2, -0.15) is 0 Å². The van der Waals surface area contributed by atoms with Crippen LogP contribution in [0.15, 0.2) is 18.2 Å². The standard InChI is InChI=1S/C25H25N3O5S/c1-11-7-8-15-14(10-11)25(24(32)26-15)19-18(16-6-5-9-27(16)25)20(29)28(21(19)30)22-17(23(31)33-4)12(2)13(3)34-22/h7-8,10,16,18-19H,5-6,9H2,1-4H3,(H,26,32)/t16-,18+,19-,25-/m0/s1. The maximum atomic E-state index is 14.2. The molecule has 1 aromatic carbocycles. The number of methoxy groups -OCH3 is 1. The fourth-order valence-corrected chi connectivity index (χ4v) is 7.78. The highest BCUT2D eigenvalue weighted by atomic mass is 32.1. The number of hydrogen-bond donors (Lipinski definition) is 1. The first-order chi connectivity index (χ1) is 16.2. The van der Waals surface area contributed by atoms with E-state index in [-0.39, 0.29) is 23.4 Å². The van der Waals surface area contributed by atoms with Crippen molar-refractivity contribution in [3.05, 3.63) is 45.3 Å². The number of ether oxygens (including phenoxy) is 1. The Hall–Kier alpha value is -3.04. The average Bonchev–Trinajstić information content (AvgIpc) is 3.56. The summed E-state index contributed by atoms with van der Waals surface area (Å²) >= 11 is 1.24. The lowest BCUT2D eigenvalue weighted by Crippen LogP contribution is -2.54. The number of nitrogens with zero attached hydrogens (tertiary/aromatic N) is 2. The van der Waals surface area contributed by atoms with Crippen LogP contribution in [0.2, 0.25) is 0 Å². The molecule has 2 aromatic rings. The third kappa shape index (κ3) is 2.36. The Morgan fingerprint density at radius 1 is 1.18 bits per heavy atom. The molecule has 5 heterocycles. The van der Waals surface area contributed by atoms with Gasteiger partial charge in [0.2, 0.25) is 17.7 Å². The molecule has 0 radical (unpaired) electrons. The van der Waals surface area contributed by atoms with Crippen molar-refractivity contribution in [3.8, 4) is 0 Å². The summed E-state index contributed by atoms with van der Waals surface area (Å²) in [5, 5.41) is 3.29. The van der Waals surface area contributed by atoms with Crippen LogP contribution in [0.5, 0.6) is 0 Å². The summed E-state index contributed by atoms with van der Waals surface area (Å²) in [5.41, 5.74) is 2.17. The number of fused-ring (bicyclic) bond motifs is 7. The number of amides is 3. The number of rotatable bonds is 2. The smallest absolute Gasteiger partial charge is 0.341 e. The Kier molecular flexibility index (Phi) is 4.42. The van der Waals surface area contributed by atoms with Gasteiger partial charge in [-0.3, -0.25) is 19.3 Å². The number of carbonyl (C=O) groups excluding carboxylic acids is 4. The van der Waals surface area contributed by atoms with Crippen LogP contribution in [0.3, 0.4) is 0 Å². The Morgan fingerprint density at radius 3 is 2.68 bits per heavy atom. The summed E-state index contributed by atoms with van der Waals surface area (Å²) < 4.78 is 4.98. The van der Waals surface area contributed by atoms with Crippen LogP contribution < -0.4 is 10.2 Å². The van der Waals surface area contributed by atoms with Crippen molar-refractivity contribution in [3.63, 3.8) is 0 Å². The third-order valence-electron chi connectivity index (χ3n) is 8.11. The minimum atomic E-state index is -1.22. The summed E-state index contributed by atoms with van der Waals surface area (Å²) in [4.78, 5) is 58.6. The Balaban J connectivity index is 1.56. The molecule has 34 heavy (non-hydrogen) atoms. The number of aryl methyl sites for hydroxylation is 2.